The van der Waals surface area contributed by atoms with E-state index >= 15 is 0 Å². The van der Waals surface area contributed by atoms with Crippen molar-refractivity contribution in [1.82, 2.24) is 0 Å². The molecule has 0 aromatic heterocycles. The summed E-state index contributed by atoms with van der Waals surface area (Å²) in [7, 11) is -6.27. The monoisotopic (exact) mass is 829 g/mol. The van der Waals surface area contributed by atoms with Gasteiger partial charge in [0.15, 0.2) is 0 Å². The second-order valence-corrected chi connectivity index (χ2v) is 36.3. The Kier molecular flexibility index (Phi) is 17.5. The predicted octanol–water partition coefficient (Wildman–Crippen LogP) is 16.7. The summed E-state index contributed by atoms with van der Waals surface area (Å²) < 4.78 is 27.9. The highest BCUT2D eigenvalue weighted by atomic mass is 32.2. The molecule has 0 amide bonds. The van der Waals surface area contributed by atoms with E-state index in [4.69, 9.17) is 18.0 Å². The molecule has 4 nitrogen and oxygen atoms in total. The Bertz CT molecular complexity index is 1480. The van der Waals surface area contributed by atoms with Crippen molar-refractivity contribution in [3.05, 3.63) is 41.5 Å². The molecule has 1 aliphatic rings. The van der Waals surface area contributed by atoms with Crippen LogP contribution in [0.5, 0.6) is 23.0 Å². The molecule has 2 aromatic carbocycles. The van der Waals surface area contributed by atoms with Gasteiger partial charge in [-0.3, -0.25) is 0 Å². The van der Waals surface area contributed by atoms with Crippen molar-refractivity contribution in [2.75, 3.05) is 5.75 Å². The minimum absolute atomic E-state index is 0.0670. The number of aryl methyl sites for hydroxylation is 1. The van der Waals surface area contributed by atoms with Gasteiger partial charge in [0.2, 0.25) is 8.32 Å². The van der Waals surface area contributed by atoms with Crippen LogP contribution >= 0.6 is 11.8 Å². The Morgan fingerprint density at radius 1 is 0.582 bits per heavy atom. The molecule has 3 rings (SSSR count). The lowest BCUT2D eigenvalue weighted by Gasteiger charge is -2.40. The lowest BCUT2D eigenvalue weighted by Crippen LogP contribution is -2.45. The van der Waals surface area contributed by atoms with E-state index in [0.29, 0.717) is 0 Å². The van der Waals surface area contributed by atoms with Gasteiger partial charge in [-0.25, -0.2) is 0 Å². The molecule has 0 saturated heterocycles. The van der Waals surface area contributed by atoms with Crippen LogP contribution in [0.1, 0.15) is 170 Å². The van der Waals surface area contributed by atoms with Crippen molar-refractivity contribution in [3.8, 4) is 23.0 Å². The van der Waals surface area contributed by atoms with Gasteiger partial charge in [-0.15, -0.1) is 11.8 Å². The van der Waals surface area contributed by atoms with Crippen LogP contribution in [0.3, 0.4) is 0 Å². The van der Waals surface area contributed by atoms with Crippen molar-refractivity contribution in [2.45, 2.75) is 225 Å². The van der Waals surface area contributed by atoms with Gasteiger partial charge in [-0.1, -0.05) is 152 Å². The molecule has 1 heterocycles. The summed E-state index contributed by atoms with van der Waals surface area (Å²) in [6.07, 6.45) is 18.8. The fraction of sp³-hybridized carbons (Fsp3) is 0.745. The fourth-order valence-corrected chi connectivity index (χ4v) is 10.4. The first kappa shape index (κ1) is 48.0. The quantitative estimate of drug-likeness (QED) is 0.0925. The van der Waals surface area contributed by atoms with E-state index in [1.165, 1.54) is 93.9 Å². The summed E-state index contributed by atoms with van der Waals surface area (Å²) in [6, 6.07) is 11.1. The molecule has 0 radical (unpaired) electrons. The Morgan fingerprint density at radius 2 is 1.04 bits per heavy atom. The van der Waals surface area contributed by atoms with Crippen molar-refractivity contribution in [3.63, 3.8) is 0 Å². The smallest absolute Gasteiger partial charge is 0.250 e. The molecule has 0 spiro atoms. The predicted molar refractivity (Wildman–Crippen MR) is 250 cm³/mol. The minimum atomic E-state index is -2.14. The second-order valence-electron chi connectivity index (χ2n) is 21.1. The first-order valence-corrected chi connectivity index (χ1v) is 31.8. The normalized spacial score (nSPS) is 15.7. The van der Waals surface area contributed by atoms with Crippen LogP contribution in [-0.4, -0.2) is 30.7 Å². The van der Waals surface area contributed by atoms with Crippen LogP contribution in [0.4, 0.5) is 0 Å². The zero-order valence-electron chi connectivity index (χ0n) is 38.6. The zero-order valence-corrected chi connectivity index (χ0v) is 42.4. The van der Waals surface area contributed by atoms with E-state index < -0.39 is 25.0 Å². The summed E-state index contributed by atoms with van der Waals surface area (Å²) >= 11 is 1.95. The van der Waals surface area contributed by atoms with E-state index in [9.17, 15) is 0 Å². The molecule has 0 bridgehead atoms. The van der Waals surface area contributed by atoms with E-state index in [1.54, 1.807) is 0 Å². The van der Waals surface area contributed by atoms with Gasteiger partial charge in [0, 0.05) is 11.8 Å². The lowest BCUT2D eigenvalue weighted by molar-refractivity contribution is 0.218. The molecule has 314 valence electrons. The van der Waals surface area contributed by atoms with Gasteiger partial charge in [-0.05, 0) is 96.6 Å². The van der Waals surface area contributed by atoms with Gasteiger partial charge >= 0.3 is 0 Å². The number of benzene rings is 2. The van der Waals surface area contributed by atoms with E-state index in [-0.39, 0.29) is 21.2 Å². The summed E-state index contributed by atoms with van der Waals surface area (Å²) in [5.74, 6) is 4.54. The zero-order chi connectivity index (χ0) is 41.3. The third-order valence-electron chi connectivity index (χ3n) is 13.2. The van der Waals surface area contributed by atoms with Crippen LogP contribution in [0.2, 0.25) is 54.4 Å². The van der Waals surface area contributed by atoms with Crippen LogP contribution < -0.4 is 18.0 Å². The highest BCUT2D eigenvalue weighted by Gasteiger charge is 2.43. The van der Waals surface area contributed by atoms with E-state index in [1.807, 2.05) is 11.8 Å². The Balaban J connectivity index is 1.81. The fourth-order valence-electron chi connectivity index (χ4n) is 6.16. The maximum atomic E-state index is 7.05. The number of hydrogen-bond acceptors (Lipinski definition) is 5. The third kappa shape index (κ3) is 14.2. The van der Waals surface area contributed by atoms with Gasteiger partial charge in [0.1, 0.15) is 29.1 Å². The average molecular weight is 830 g/mol. The number of thioether (sulfide) groups is 1. The molecule has 1 unspecified atom stereocenters. The van der Waals surface area contributed by atoms with E-state index in [2.05, 4.69) is 139 Å². The standard InChI is InChI=1S/C47H84O4SSi3/c1-17-18-19-20-21-22-23-24-25-26-27-28-29-30-38-33-39(49-53(11,12)45(2,3)4)35-42-44(38)52-36-43(48-42)37-31-32-40(50-54(13,14)46(5,6)7)41(34-37)51-55(15,16)47(8,9)10/h31-35,43H,17-30,36H2,1-16H3. The summed E-state index contributed by atoms with van der Waals surface area (Å²) in [5, 5.41) is 0.268. The van der Waals surface area contributed by atoms with Crippen LogP contribution in [0.25, 0.3) is 0 Å². The molecule has 0 saturated carbocycles. The van der Waals surface area contributed by atoms with Crippen LogP contribution in [0, 0.1) is 0 Å². The molecule has 2 aromatic rings. The van der Waals surface area contributed by atoms with Crippen molar-refractivity contribution >= 4 is 36.7 Å². The Labute approximate surface area is 347 Å². The number of fused-ring (bicyclic) bond motifs is 1. The molecular weight excluding hydrogens is 745 g/mol. The van der Waals surface area contributed by atoms with Crippen LogP contribution in [-0.2, 0) is 6.42 Å². The molecule has 0 fully saturated rings. The molecule has 0 N–H and O–H groups in total. The van der Waals surface area contributed by atoms with Crippen LogP contribution in [0.15, 0.2) is 35.2 Å². The van der Waals surface area contributed by atoms with Gasteiger partial charge in [0.25, 0.3) is 16.6 Å². The number of hydrogen-bond donors (Lipinski definition) is 0. The van der Waals surface area contributed by atoms with Gasteiger partial charge in [-0.2, -0.15) is 0 Å². The number of rotatable bonds is 21. The topological polar surface area (TPSA) is 36.9 Å². The van der Waals surface area contributed by atoms with Crippen molar-refractivity contribution in [1.29, 1.82) is 0 Å². The summed E-state index contributed by atoms with van der Waals surface area (Å²) in [6.45, 7) is 37.0. The van der Waals surface area contributed by atoms with E-state index in [0.717, 1.165) is 40.7 Å². The first-order valence-electron chi connectivity index (χ1n) is 22.1. The third-order valence-corrected chi connectivity index (χ3v) is 27.4. The molecule has 0 aliphatic carbocycles. The van der Waals surface area contributed by atoms with Gasteiger partial charge < -0.3 is 18.0 Å². The minimum Gasteiger partial charge on any atom is -0.543 e. The highest BCUT2D eigenvalue weighted by Crippen LogP contribution is 2.49. The second kappa shape index (κ2) is 20.1. The van der Waals surface area contributed by atoms with Crippen molar-refractivity contribution < 1.29 is 18.0 Å². The Hall–Kier alpha value is -1.36. The molecular formula is C47H84O4SSi3. The molecule has 1 aliphatic heterocycles. The number of ether oxygens (including phenoxy) is 1. The summed E-state index contributed by atoms with van der Waals surface area (Å²) in [4.78, 5) is 1.30. The first-order chi connectivity index (χ1) is 25.4. The maximum absolute atomic E-state index is 7.05. The highest BCUT2D eigenvalue weighted by molar-refractivity contribution is 7.99. The maximum Gasteiger partial charge on any atom is 0.250 e. The summed E-state index contributed by atoms with van der Waals surface area (Å²) in [5.41, 5.74) is 2.53. The SMILES string of the molecule is CCCCCCCCCCCCCCCc1cc(O[Si](C)(C)C(C)(C)C)cc2c1SCC(c1ccc(O[Si](C)(C)C(C)(C)C)c(O[Si](C)(C)C(C)(C)C)c1)O2. The molecule has 1 atom stereocenters. The van der Waals surface area contributed by atoms with Crippen molar-refractivity contribution in [2.24, 2.45) is 0 Å². The number of unbranched alkanes of at least 4 members (excludes halogenated alkanes) is 12. The molecule has 8 heteroatoms. The average Bonchev–Trinajstić information content (AvgIpc) is 3.05. The largest absolute Gasteiger partial charge is 0.543 e. The van der Waals surface area contributed by atoms with Gasteiger partial charge in [0.05, 0.1) is 4.90 Å². The molecule has 55 heavy (non-hydrogen) atoms. The lowest BCUT2D eigenvalue weighted by atomic mass is 10.0. The Morgan fingerprint density at radius 3 is 1.53 bits per heavy atom.